The Labute approximate surface area is 560 Å². The summed E-state index contributed by atoms with van der Waals surface area (Å²) in [5.74, 6) is -2.01. The fourth-order valence-electron chi connectivity index (χ4n) is 10.0. The minimum absolute atomic E-state index is 0.181. The first-order valence-electron chi connectivity index (χ1n) is 37.0. The van der Waals surface area contributed by atoms with Gasteiger partial charge in [-0.25, -0.2) is 4.79 Å². The average molecular weight is 1270 g/mol. The molecule has 0 aromatic rings. The highest BCUT2D eigenvalue weighted by Gasteiger charge is 2.25. The summed E-state index contributed by atoms with van der Waals surface area (Å²) in [4.78, 5) is 37.7. The number of aliphatic carboxylic acids is 1. The maximum absolute atomic E-state index is 13.0. The number of quaternary nitrogens is 1. The van der Waals surface area contributed by atoms with Crippen LogP contribution in [0.1, 0.15) is 296 Å². The van der Waals surface area contributed by atoms with E-state index < -0.39 is 24.3 Å². The molecule has 0 aromatic heterocycles. The van der Waals surface area contributed by atoms with E-state index in [9.17, 15) is 19.5 Å². The van der Waals surface area contributed by atoms with Crippen molar-refractivity contribution in [3.63, 3.8) is 0 Å². The minimum Gasteiger partial charge on any atom is -0.477 e. The molecule has 1 N–H and O–H groups in total. The van der Waals surface area contributed by atoms with Crippen molar-refractivity contribution < 1.29 is 42.9 Å². The van der Waals surface area contributed by atoms with Gasteiger partial charge in [0.1, 0.15) is 13.2 Å². The molecule has 0 aliphatic carbocycles. The smallest absolute Gasteiger partial charge is 0.361 e. The molecule has 0 aliphatic heterocycles. The fraction of sp³-hybridized carbons (Fsp3) is 0.671. The van der Waals surface area contributed by atoms with E-state index in [2.05, 4.69) is 160 Å². The molecule has 0 aromatic carbocycles. The second-order valence-corrected chi connectivity index (χ2v) is 25.5. The topological polar surface area (TPSA) is 108 Å². The monoisotopic (exact) mass is 1270 g/mol. The van der Waals surface area contributed by atoms with Gasteiger partial charge >= 0.3 is 17.9 Å². The summed E-state index contributed by atoms with van der Waals surface area (Å²) in [6.45, 7) is 4.66. The van der Waals surface area contributed by atoms with Crippen LogP contribution in [-0.2, 0) is 33.3 Å². The van der Waals surface area contributed by atoms with Gasteiger partial charge in [-0.2, -0.15) is 0 Å². The van der Waals surface area contributed by atoms with Crippen LogP contribution >= 0.6 is 0 Å². The van der Waals surface area contributed by atoms with E-state index in [1.807, 2.05) is 21.1 Å². The second kappa shape index (κ2) is 71.0. The number of ether oxygens (including phenoxy) is 4. The predicted molar refractivity (Wildman–Crippen MR) is 391 cm³/mol. The molecule has 9 nitrogen and oxygen atoms in total. The molecule has 91 heavy (non-hydrogen) atoms. The average Bonchev–Trinajstić information content (AvgIpc) is 3.46. The zero-order valence-electron chi connectivity index (χ0n) is 59.2. The van der Waals surface area contributed by atoms with Crippen molar-refractivity contribution in [1.82, 2.24) is 0 Å². The van der Waals surface area contributed by atoms with Gasteiger partial charge in [0.05, 0.1) is 34.4 Å². The van der Waals surface area contributed by atoms with Gasteiger partial charge < -0.3 is 28.5 Å². The van der Waals surface area contributed by atoms with Gasteiger partial charge in [0.2, 0.25) is 0 Å². The molecule has 0 amide bonds. The number of carbonyl (C=O) groups is 3. The van der Waals surface area contributed by atoms with Crippen molar-refractivity contribution in [3.05, 3.63) is 146 Å². The third kappa shape index (κ3) is 72.5. The Hall–Kier alpha value is -4.83. The number of nitrogens with zero attached hydrogens (tertiary/aromatic N) is 1. The summed E-state index contributed by atoms with van der Waals surface area (Å²) in [6.07, 6.45) is 101. The van der Waals surface area contributed by atoms with Crippen LogP contribution in [0.2, 0.25) is 0 Å². The van der Waals surface area contributed by atoms with Crippen LogP contribution in [0.3, 0.4) is 0 Å². The van der Waals surface area contributed by atoms with Gasteiger partial charge in [0.15, 0.2) is 6.10 Å². The number of esters is 2. The normalized spacial score (nSPS) is 13.5. The van der Waals surface area contributed by atoms with Crippen molar-refractivity contribution in [2.75, 3.05) is 47.5 Å². The third-order valence-electron chi connectivity index (χ3n) is 15.6. The molecular weight excluding hydrogens is 1130 g/mol. The Balaban J connectivity index is 4.12. The molecule has 0 radical (unpaired) electrons. The summed E-state index contributed by atoms with van der Waals surface area (Å²) >= 11 is 0. The first-order chi connectivity index (χ1) is 44.6. The molecule has 0 saturated heterocycles. The summed E-state index contributed by atoms with van der Waals surface area (Å²) in [5.41, 5.74) is 0. The number of hydrogen-bond acceptors (Lipinski definition) is 7. The van der Waals surface area contributed by atoms with Gasteiger partial charge in [-0.15, -0.1) is 0 Å². The molecule has 0 rings (SSSR count). The Bertz CT molecular complexity index is 2010. The quantitative estimate of drug-likeness (QED) is 0.0211. The Morgan fingerprint density at radius 3 is 0.879 bits per heavy atom. The van der Waals surface area contributed by atoms with Crippen LogP contribution in [-0.4, -0.2) is 87.4 Å². The lowest BCUT2D eigenvalue weighted by Crippen LogP contribution is -2.40. The van der Waals surface area contributed by atoms with Gasteiger partial charge in [0, 0.05) is 12.8 Å². The third-order valence-corrected chi connectivity index (χ3v) is 15.6. The van der Waals surface area contributed by atoms with E-state index in [0.717, 1.165) is 122 Å². The summed E-state index contributed by atoms with van der Waals surface area (Å²) in [6, 6.07) is 0. The van der Waals surface area contributed by atoms with Crippen LogP contribution in [0.5, 0.6) is 0 Å². The molecule has 0 heterocycles. The zero-order valence-corrected chi connectivity index (χ0v) is 59.2. The number of carbonyl (C=O) groups excluding carboxylic acids is 2. The zero-order chi connectivity index (χ0) is 66.1. The van der Waals surface area contributed by atoms with Crippen molar-refractivity contribution in [1.29, 1.82) is 0 Å². The number of likely N-dealkylation sites (N-methyl/N-ethyl adjacent to an activating group) is 1. The van der Waals surface area contributed by atoms with Crippen LogP contribution in [0.15, 0.2) is 146 Å². The largest absolute Gasteiger partial charge is 0.477 e. The van der Waals surface area contributed by atoms with E-state index in [0.29, 0.717) is 23.9 Å². The lowest BCUT2D eigenvalue weighted by molar-refractivity contribution is -0.870. The second-order valence-electron chi connectivity index (χ2n) is 25.5. The standard InChI is InChI=1S/C82H137NO8/c1-6-8-10-12-14-16-18-20-22-24-26-28-30-32-34-36-38-39-40-41-43-45-47-49-51-53-55-57-59-61-63-65-67-69-71-73-80(85)91-78(77-90-82(81(86)87)88-75-74-83(3,4)5)76-89-79(84)72-70-68-66-64-62-60-58-56-54-52-50-48-46-44-42-37-35-33-31-29-27-25-23-21-19-17-15-13-11-9-7-2/h8-11,14-17,20-23,26-29,32,34,38-39,41,43,47,49,78,82H,6-7,12-13,18-19,24-25,30-31,33,35-37,40,42,44-46,48,50-77H2,1-5H3/p+1/b10-8-,11-9-,16-14-,17-15-,22-20-,23-21-,28-26-,29-27-,34-32-,39-38-,43-41-,49-47-. The van der Waals surface area contributed by atoms with Gasteiger partial charge in [-0.3, -0.25) is 9.59 Å². The van der Waals surface area contributed by atoms with Crippen LogP contribution < -0.4 is 0 Å². The maximum atomic E-state index is 13.0. The molecule has 518 valence electrons. The van der Waals surface area contributed by atoms with Gasteiger partial charge in [-0.1, -0.05) is 314 Å². The van der Waals surface area contributed by atoms with Crippen LogP contribution in [0, 0.1) is 0 Å². The van der Waals surface area contributed by atoms with Crippen molar-refractivity contribution in [3.8, 4) is 0 Å². The Morgan fingerprint density at radius 2 is 0.593 bits per heavy atom. The maximum Gasteiger partial charge on any atom is 0.361 e. The number of carboxylic acid groups (broad SMARTS) is 1. The molecular formula is C82H138NO8+. The van der Waals surface area contributed by atoms with E-state index in [1.54, 1.807) is 0 Å². The number of allylic oxidation sites excluding steroid dienone is 24. The van der Waals surface area contributed by atoms with E-state index in [-0.39, 0.29) is 32.2 Å². The highest BCUT2D eigenvalue weighted by atomic mass is 16.7. The first kappa shape index (κ1) is 86.2. The molecule has 0 bridgehead atoms. The summed E-state index contributed by atoms with van der Waals surface area (Å²) in [7, 11) is 5.98. The highest BCUT2D eigenvalue weighted by molar-refractivity contribution is 5.71. The fourth-order valence-corrected chi connectivity index (χ4v) is 10.0. The predicted octanol–water partition coefficient (Wildman–Crippen LogP) is 23.5. The van der Waals surface area contributed by atoms with Gasteiger partial charge in [-0.05, 0) is 116 Å². The molecule has 0 spiro atoms. The van der Waals surface area contributed by atoms with Crippen molar-refractivity contribution >= 4 is 17.9 Å². The highest BCUT2D eigenvalue weighted by Crippen LogP contribution is 2.17. The van der Waals surface area contributed by atoms with Crippen LogP contribution in [0.25, 0.3) is 0 Å². The molecule has 2 atom stereocenters. The lowest BCUT2D eigenvalue weighted by Gasteiger charge is -2.25. The van der Waals surface area contributed by atoms with E-state index in [4.69, 9.17) is 18.9 Å². The molecule has 9 heteroatoms. The van der Waals surface area contributed by atoms with Crippen molar-refractivity contribution in [2.45, 2.75) is 309 Å². The SMILES string of the molecule is CC/C=C\C/C=C\C/C=C\C/C=C\C/C=C\C/C=C\C/C=C\C/C=C\CCCCCCCCCCCCC(=O)OC(COC(=O)CCCCCCCCCCCCCCCCCCCC/C=C\C/C=C\C/C=C\C/C=C\CC)COC(OCC[N+](C)(C)C)C(=O)O. The van der Waals surface area contributed by atoms with E-state index >= 15 is 0 Å². The lowest BCUT2D eigenvalue weighted by atomic mass is 10.0. The number of hydrogen-bond donors (Lipinski definition) is 1. The molecule has 0 fully saturated rings. The Morgan fingerprint density at radius 1 is 0.330 bits per heavy atom. The summed E-state index contributed by atoms with van der Waals surface area (Å²) < 4.78 is 23.0. The Kier molecular flexibility index (Phi) is 67.3. The molecule has 2 unspecified atom stereocenters. The minimum atomic E-state index is -1.52. The molecule has 0 saturated carbocycles. The number of unbranched alkanes of at least 4 members (excludes halogenated alkanes) is 28. The number of rotatable bonds is 67. The molecule has 0 aliphatic rings. The number of carboxylic acids is 1. The van der Waals surface area contributed by atoms with Crippen molar-refractivity contribution in [2.24, 2.45) is 0 Å². The van der Waals surface area contributed by atoms with E-state index in [1.165, 1.54) is 141 Å². The van der Waals surface area contributed by atoms with Crippen LogP contribution in [0.4, 0.5) is 0 Å². The first-order valence-corrected chi connectivity index (χ1v) is 37.0. The van der Waals surface area contributed by atoms with Gasteiger partial charge in [0.25, 0.3) is 6.29 Å². The summed E-state index contributed by atoms with van der Waals surface area (Å²) in [5, 5.41) is 9.76.